The minimum Gasteiger partial charge on any atom is -0.241 e. The van der Waals surface area contributed by atoms with Gasteiger partial charge in [0, 0.05) is 14.9 Å². The van der Waals surface area contributed by atoms with Gasteiger partial charge in [0.05, 0.1) is 17.2 Å². The summed E-state index contributed by atoms with van der Waals surface area (Å²) in [4.78, 5) is 5.83. The van der Waals surface area contributed by atoms with Crippen LogP contribution in [0.4, 0.5) is 0 Å². The van der Waals surface area contributed by atoms with Crippen LogP contribution in [0.25, 0.3) is 10.6 Å². The Bertz CT molecular complexity index is 665. The van der Waals surface area contributed by atoms with Crippen molar-refractivity contribution in [2.75, 3.05) is 0 Å². The van der Waals surface area contributed by atoms with E-state index in [1.54, 1.807) is 11.3 Å². The van der Waals surface area contributed by atoms with Gasteiger partial charge in [0.25, 0.3) is 0 Å². The van der Waals surface area contributed by atoms with E-state index in [2.05, 4.69) is 33.0 Å². The Morgan fingerprint density at radius 1 is 1.37 bits per heavy atom. The van der Waals surface area contributed by atoms with Gasteiger partial charge in [0.15, 0.2) is 0 Å². The number of hydrogen-bond acceptors (Lipinski definition) is 3. The predicted octanol–water partition coefficient (Wildman–Crippen LogP) is 4.83. The lowest BCUT2D eigenvalue weighted by molar-refractivity contribution is 0.328. The minimum atomic E-state index is -0.263. The fourth-order valence-electron chi connectivity index (χ4n) is 2.51. The standard InChI is InChI=1S/C15H13BrN2S/c1-10-13(15(9-17)7-4-8-15)19-14(18-10)11-5-2-3-6-12(11)16/h2-3,5-6H,4,7-8H2,1H3. The lowest BCUT2D eigenvalue weighted by atomic mass is 9.68. The molecule has 0 aliphatic heterocycles. The van der Waals surface area contributed by atoms with Crippen LogP contribution in [0.1, 0.15) is 29.8 Å². The third-order valence-corrected chi connectivity index (χ3v) is 5.84. The maximum absolute atomic E-state index is 9.47. The highest BCUT2D eigenvalue weighted by atomic mass is 79.9. The number of halogens is 1. The quantitative estimate of drug-likeness (QED) is 0.789. The van der Waals surface area contributed by atoms with Gasteiger partial charge in [-0.2, -0.15) is 5.26 Å². The molecule has 1 saturated carbocycles. The van der Waals surface area contributed by atoms with Crippen LogP contribution in [-0.2, 0) is 5.41 Å². The number of benzene rings is 1. The van der Waals surface area contributed by atoms with Crippen LogP contribution in [0.5, 0.6) is 0 Å². The second-order valence-electron chi connectivity index (χ2n) is 4.96. The molecule has 1 aliphatic rings. The molecule has 1 aromatic carbocycles. The lowest BCUT2D eigenvalue weighted by Gasteiger charge is -2.34. The van der Waals surface area contributed by atoms with E-state index in [1.165, 1.54) is 0 Å². The zero-order valence-electron chi connectivity index (χ0n) is 10.6. The van der Waals surface area contributed by atoms with E-state index >= 15 is 0 Å². The van der Waals surface area contributed by atoms with Gasteiger partial charge in [-0.3, -0.25) is 0 Å². The van der Waals surface area contributed by atoms with Crippen LogP contribution in [0.15, 0.2) is 28.7 Å². The number of aromatic nitrogens is 1. The summed E-state index contributed by atoms with van der Waals surface area (Å²) in [6.07, 6.45) is 3.10. The van der Waals surface area contributed by atoms with Crippen molar-refractivity contribution in [2.45, 2.75) is 31.6 Å². The number of nitrogens with zero attached hydrogens (tertiary/aromatic N) is 2. The average Bonchev–Trinajstić information content (AvgIpc) is 2.72. The van der Waals surface area contributed by atoms with Crippen LogP contribution in [0.2, 0.25) is 0 Å². The van der Waals surface area contributed by atoms with Gasteiger partial charge < -0.3 is 0 Å². The average molecular weight is 333 g/mol. The molecule has 0 radical (unpaired) electrons. The van der Waals surface area contributed by atoms with Gasteiger partial charge in [-0.25, -0.2) is 4.98 Å². The molecular formula is C15H13BrN2S. The van der Waals surface area contributed by atoms with Gasteiger partial charge in [-0.05, 0) is 32.3 Å². The summed E-state index contributed by atoms with van der Waals surface area (Å²) in [5.41, 5.74) is 1.85. The SMILES string of the molecule is Cc1nc(-c2ccccc2Br)sc1C1(C#N)CCC1. The van der Waals surface area contributed by atoms with Crippen molar-refractivity contribution in [1.29, 1.82) is 5.26 Å². The van der Waals surface area contributed by atoms with Crippen LogP contribution >= 0.6 is 27.3 Å². The summed E-state index contributed by atoms with van der Waals surface area (Å²) in [6, 6.07) is 10.6. The first-order valence-electron chi connectivity index (χ1n) is 6.30. The molecule has 1 aliphatic carbocycles. The summed E-state index contributed by atoms with van der Waals surface area (Å²) in [7, 11) is 0. The predicted molar refractivity (Wildman–Crippen MR) is 81.1 cm³/mol. The Kier molecular flexibility index (Phi) is 3.20. The second-order valence-corrected chi connectivity index (χ2v) is 6.81. The molecule has 0 amide bonds. The molecule has 1 aromatic heterocycles. The number of thiazole rings is 1. The van der Waals surface area contributed by atoms with Gasteiger partial charge in [-0.1, -0.05) is 34.1 Å². The Morgan fingerprint density at radius 3 is 2.68 bits per heavy atom. The summed E-state index contributed by atoms with van der Waals surface area (Å²) < 4.78 is 1.05. The molecule has 0 N–H and O–H groups in total. The smallest absolute Gasteiger partial charge is 0.125 e. The van der Waals surface area contributed by atoms with Gasteiger partial charge in [0.1, 0.15) is 5.01 Å². The Labute approximate surface area is 125 Å². The molecule has 0 atom stereocenters. The first-order chi connectivity index (χ1) is 9.16. The van der Waals surface area contributed by atoms with Gasteiger partial charge in [-0.15, -0.1) is 11.3 Å². The number of rotatable bonds is 2. The first kappa shape index (κ1) is 12.8. The van der Waals surface area contributed by atoms with E-state index < -0.39 is 0 Å². The molecule has 3 rings (SSSR count). The van der Waals surface area contributed by atoms with Crippen molar-refractivity contribution in [1.82, 2.24) is 4.98 Å². The molecule has 0 bridgehead atoms. The minimum absolute atomic E-state index is 0.263. The van der Waals surface area contributed by atoms with E-state index in [9.17, 15) is 5.26 Å². The van der Waals surface area contributed by atoms with Crippen molar-refractivity contribution < 1.29 is 0 Å². The molecule has 0 spiro atoms. The van der Waals surface area contributed by atoms with Crippen molar-refractivity contribution in [3.8, 4) is 16.6 Å². The zero-order chi connectivity index (χ0) is 13.5. The fourth-order valence-corrected chi connectivity index (χ4v) is 4.42. The van der Waals surface area contributed by atoms with Crippen LogP contribution in [-0.4, -0.2) is 4.98 Å². The zero-order valence-corrected chi connectivity index (χ0v) is 13.0. The molecule has 96 valence electrons. The van der Waals surface area contributed by atoms with Gasteiger partial charge in [0.2, 0.25) is 0 Å². The molecule has 0 unspecified atom stereocenters. The maximum atomic E-state index is 9.47. The number of aryl methyl sites for hydroxylation is 1. The Morgan fingerprint density at radius 2 is 2.11 bits per heavy atom. The van der Waals surface area contributed by atoms with Crippen LogP contribution < -0.4 is 0 Å². The number of nitriles is 1. The third kappa shape index (κ3) is 2.01. The summed E-state index contributed by atoms with van der Waals surface area (Å²) >= 11 is 5.24. The van der Waals surface area contributed by atoms with E-state index in [-0.39, 0.29) is 5.41 Å². The molecular weight excluding hydrogens is 320 g/mol. The molecule has 2 nitrogen and oxygen atoms in total. The van der Waals surface area contributed by atoms with E-state index in [4.69, 9.17) is 0 Å². The largest absolute Gasteiger partial charge is 0.241 e. The first-order valence-corrected chi connectivity index (χ1v) is 7.91. The van der Waals surface area contributed by atoms with Crippen molar-refractivity contribution >= 4 is 27.3 Å². The lowest BCUT2D eigenvalue weighted by Crippen LogP contribution is -2.31. The highest BCUT2D eigenvalue weighted by molar-refractivity contribution is 9.10. The monoisotopic (exact) mass is 332 g/mol. The van der Waals surface area contributed by atoms with Crippen molar-refractivity contribution in [3.63, 3.8) is 0 Å². The molecule has 0 saturated heterocycles. The normalized spacial score (nSPS) is 16.7. The molecule has 1 heterocycles. The van der Waals surface area contributed by atoms with E-state index in [0.717, 1.165) is 44.9 Å². The van der Waals surface area contributed by atoms with E-state index in [1.807, 2.05) is 25.1 Å². The molecule has 1 fully saturated rings. The van der Waals surface area contributed by atoms with Crippen molar-refractivity contribution in [2.24, 2.45) is 0 Å². The van der Waals surface area contributed by atoms with E-state index in [0.29, 0.717) is 0 Å². The summed E-state index contributed by atoms with van der Waals surface area (Å²) in [6.45, 7) is 2.02. The summed E-state index contributed by atoms with van der Waals surface area (Å²) in [5.74, 6) is 0. The molecule has 19 heavy (non-hydrogen) atoms. The van der Waals surface area contributed by atoms with Crippen molar-refractivity contribution in [3.05, 3.63) is 39.3 Å². The third-order valence-electron chi connectivity index (χ3n) is 3.76. The van der Waals surface area contributed by atoms with Crippen LogP contribution in [0, 0.1) is 18.3 Å². The Hall–Kier alpha value is -1.18. The Balaban J connectivity index is 2.08. The summed E-state index contributed by atoms with van der Waals surface area (Å²) in [5, 5.41) is 10.5. The maximum Gasteiger partial charge on any atom is 0.125 e. The highest BCUT2D eigenvalue weighted by Crippen LogP contribution is 2.48. The topological polar surface area (TPSA) is 36.7 Å². The fraction of sp³-hybridized carbons (Fsp3) is 0.333. The molecule has 2 aromatic rings. The van der Waals surface area contributed by atoms with Gasteiger partial charge >= 0.3 is 0 Å². The number of hydrogen-bond donors (Lipinski definition) is 0. The van der Waals surface area contributed by atoms with Crippen LogP contribution in [0.3, 0.4) is 0 Å². The molecule has 4 heteroatoms. The highest BCUT2D eigenvalue weighted by Gasteiger charge is 2.42. The second kappa shape index (κ2) is 4.73.